The molecule has 1 aromatic heterocycles. The molecule has 2 aliphatic heterocycles. The van der Waals surface area contributed by atoms with E-state index in [4.69, 9.17) is 9.47 Å². The minimum atomic E-state index is -0.866. The summed E-state index contributed by atoms with van der Waals surface area (Å²) < 4.78 is 26.3. The van der Waals surface area contributed by atoms with E-state index in [1.54, 1.807) is 17.0 Å². The van der Waals surface area contributed by atoms with E-state index in [9.17, 15) is 19.1 Å². The molecule has 2 aliphatic rings. The van der Waals surface area contributed by atoms with E-state index < -0.39 is 30.1 Å². The molecule has 0 saturated carbocycles. The van der Waals surface area contributed by atoms with E-state index >= 15 is 0 Å². The van der Waals surface area contributed by atoms with Crippen LogP contribution in [0.2, 0.25) is 0 Å². The highest BCUT2D eigenvalue weighted by Gasteiger charge is 2.29. The number of carbonyl (C=O) groups is 2. The standard InChI is InChI=1S/C29H39FN4O5/c1-18-5-7-22(35)16-27(36)39-28(20(3)13-21-14-24(30)23-17-31-32-25(23)15-21)19(2)6-8-26(18)38-29(37)34-11-9-33(4)10-12-34/h6,8,13-15,17-19,22,26,28,35H,5,7,9-12,16H2,1-4H3,(H,31,32)/b8-6-,20-13+/t18-,19-,22+,26-,28-/m0/s1. The van der Waals surface area contributed by atoms with Crippen LogP contribution in [0.15, 0.2) is 36.1 Å². The van der Waals surface area contributed by atoms with Gasteiger partial charge in [0.15, 0.2) is 0 Å². The fourth-order valence-corrected chi connectivity index (χ4v) is 5.09. The van der Waals surface area contributed by atoms with Crippen LogP contribution in [0.1, 0.15) is 45.6 Å². The first-order chi connectivity index (χ1) is 18.6. The van der Waals surface area contributed by atoms with Crippen molar-refractivity contribution in [3.05, 3.63) is 47.4 Å². The Morgan fingerprint density at radius 3 is 2.69 bits per heavy atom. The van der Waals surface area contributed by atoms with Gasteiger partial charge < -0.3 is 24.4 Å². The second kappa shape index (κ2) is 12.7. The van der Waals surface area contributed by atoms with Gasteiger partial charge in [-0.15, -0.1) is 0 Å². The lowest BCUT2D eigenvalue weighted by atomic mass is 9.91. The smallest absolute Gasteiger partial charge is 0.410 e. The number of nitrogens with zero attached hydrogens (tertiary/aromatic N) is 3. The van der Waals surface area contributed by atoms with Crippen LogP contribution in [0.25, 0.3) is 17.0 Å². The maximum Gasteiger partial charge on any atom is 0.410 e. The summed E-state index contributed by atoms with van der Waals surface area (Å²) in [4.78, 5) is 29.6. The Labute approximate surface area is 228 Å². The molecular formula is C29H39FN4O5. The number of cyclic esters (lactones) is 1. The van der Waals surface area contributed by atoms with Crippen molar-refractivity contribution in [2.45, 2.75) is 58.3 Å². The molecule has 1 aromatic carbocycles. The Morgan fingerprint density at radius 2 is 1.95 bits per heavy atom. The molecule has 4 rings (SSSR count). The minimum Gasteiger partial charge on any atom is -0.457 e. The van der Waals surface area contributed by atoms with Crippen LogP contribution in [0, 0.1) is 17.7 Å². The van der Waals surface area contributed by atoms with Gasteiger partial charge in [0.1, 0.15) is 18.0 Å². The van der Waals surface area contributed by atoms with Crippen molar-refractivity contribution < 1.29 is 28.6 Å². The number of carbonyl (C=O) groups excluding carboxylic acids is 2. The monoisotopic (exact) mass is 542 g/mol. The number of aromatic amines is 1. The number of esters is 1. The second-order valence-corrected chi connectivity index (χ2v) is 10.9. The van der Waals surface area contributed by atoms with E-state index in [0.29, 0.717) is 48.0 Å². The minimum absolute atomic E-state index is 0.0610. The van der Waals surface area contributed by atoms with Crippen LogP contribution in [0.3, 0.4) is 0 Å². The van der Waals surface area contributed by atoms with E-state index in [2.05, 4.69) is 15.1 Å². The number of hydrogen-bond donors (Lipinski definition) is 2. The third-order valence-corrected chi connectivity index (χ3v) is 7.63. The molecule has 0 bridgehead atoms. The zero-order chi connectivity index (χ0) is 28.1. The first kappa shape index (κ1) is 28.8. The number of halogens is 1. The molecule has 1 saturated heterocycles. The summed E-state index contributed by atoms with van der Waals surface area (Å²) in [5, 5.41) is 17.6. The molecule has 0 unspecified atom stereocenters. The summed E-state index contributed by atoms with van der Waals surface area (Å²) in [6.45, 7) is 8.54. The maximum atomic E-state index is 14.5. The van der Waals surface area contributed by atoms with Crippen LogP contribution < -0.4 is 0 Å². The third kappa shape index (κ3) is 7.45. The van der Waals surface area contributed by atoms with Crippen LogP contribution in [-0.4, -0.2) is 88.7 Å². The summed E-state index contributed by atoms with van der Waals surface area (Å²) in [6.07, 6.45) is 5.44. The molecule has 0 spiro atoms. The molecule has 9 nitrogen and oxygen atoms in total. The number of fused-ring (bicyclic) bond motifs is 1. The topological polar surface area (TPSA) is 108 Å². The summed E-state index contributed by atoms with van der Waals surface area (Å²) in [5.74, 6) is -1.23. The number of hydrogen-bond acceptors (Lipinski definition) is 7. The average molecular weight is 543 g/mol. The molecule has 1 amide bonds. The number of ether oxygens (including phenoxy) is 2. The summed E-state index contributed by atoms with van der Waals surface area (Å²) in [7, 11) is 2.03. The van der Waals surface area contributed by atoms with E-state index in [0.717, 1.165) is 13.1 Å². The zero-order valence-corrected chi connectivity index (χ0v) is 23.1. The largest absolute Gasteiger partial charge is 0.457 e. The van der Waals surface area contributed by atoms with E-state index in [1.807, 2.05) is 40.0 Å². The molecule has 10 heteroatoms. The van der Waals surface area contributed by atoms with Crippen molar-refractivity contribution >= 4 is 29.0 Å². The van der Waals surface area contributed by atoms with Gasteiger partial charge in [-0.2, -0.15) is 5.10 Å². The van der Waals surface area contributed by atoms with Crippen LogP contribution in [0.5, 0.6) is 0 Å². The quantitative estimate of drug-likeness (QED) is 0.443. The molecule has 212 valence electrons. The van der Waals surface area contributed by atoms with Crippen molar-refractivity contribution in [1.82, 2.24) is 20.0 Å². The van der Waals surface area contributed by atoms with Gasteiger partial charge in [0, 0.05) is 32.1 Å². The molecule has 0 aliphatic carbocycles. The molecule has 3 heterocycles. The highest BCUT2D eigenvalue weighted by molar-refractivity contribution is 5.81. The number of aliphatic hydroxyl groups excluding tert-OH is 1. The summed E-state index contributed by atoms with van der Waals surface area (Å²) in [5.41, 5.74) is 1.89. The Balaban J connectivity index is 1.57. The van der Waals surface area contributed by atoms with Crippen LogP contribution in [-0.2, 0) is 14.3 Å². The van der Waals surface area contributed by atoms with Gasteiger partial charge in [-0.25, -0.2) is 9.18 Å². The van der Waals surface area contributed by atoms with Gasteiger partial charge in [-0.3, -0.25) is 9.89 Å². The molecule has 2 N–H and O–H groups in total. The fourth-order valence-electron chi connectivity index (χ4n) is 5.09. The molecular weight excluding hydrogens is 503 g/mol. The number of aliphatic hydroxyl groups is 1. The number of aromatic nitrogens is 2. The molecule has 0 radical (unpaired) electrons. The Kier molecular flexibility index (Phi) is 9.40. The van der Waals surface area contributed by atoms with Crippen LogP contribution in [0.4, 0.5) is 9.18 Å². The first-order valence-electron chi connectivity index (χ1n) is 13.6. The molecule has 5 atom stereocenters. The summed E-state index contributed by atoms with van der Waals surface area (Å²) in [6, 6.07) is 3.20. The second-order valence-electron chi connectivity index (χ2n) is 10.9. The van der Waals surface area contributed by atoms with Gasteiger partial charge in [-0.1, -0.05) is 26.0 Å². The number of amides is 1. The van der Waals surface area contributed by atoms with Crippen LogP contribution >= 0.6 is 0 Å². The lowest BCUT2D eigenvalue weighted by Gasteiger charge is -2.33. The van der Waals surface area contributed by atoms with E-state index in [1.165, 1.54) is 12.3 Å². The highest BCUT2D eigenvalue weighted by atomic mass is 19.1. The maximum absolute atomic E-state index is 14.5. The van der Waals surface area contributed by atoms with Gasteiger partial charge in [-0.05, 0) is 62.1 Å². The zero-order valence-electron chi connectivity index (χ0n) is 23.1. The number of H-pyrrole nitrogens is 1. The number of likely N-dealkylation sites (N-methyl/N-ethyl adjacent to an activating group) is 1. The molecule has 2 aromatic rings. The van der Waals surface area contributed by atoms with Crippen molar-refractivity contribution in [3.63, 3.8) is 0 Å². The predicted molar refractivity (Wildman–Crippen MR) is 146 cm³/mol. The number of benzene rings is 1. The lowest BCUT2D eigenvalue weighted by Crippen LogP contribution is -2.48. The van der Waals surface area contributed by atoms with Crippen molar-refractivity contribution in [1.29, 1.82) is 0 Å². The number of rotatable bonds is 3. The first-order valence-corrected chi connectivity index (χ1v) is 13.6. The Hall–Kier alpha value is -3.24. The van der Waals surface area contributed by atoms with Gasteiger partial charge in [0.2, 0.25) is 0 Å². The molecule has 39 heavy (non-hydrogen) atoms. The van der Waals surface area contributed by atoms with Gasteiger partial charge in [0.25, 0.3) is 0 Å². The summed E-state index contributed by atoms with van der Waals surface area (Å²) >= 11 is 0. The highest BCUT2D eigenvalue weighted by Crippen LogP contribution is 2.27. The lowest BCUT2D eigenvalue weighted by molar-refractivity contribution is -0.151. The van der Waals surface area contributed by atoms with Gasteiger partial charge >= 0.3 is 12.1 Å². The fraction of sp³-hybridized carbons (Fsp3) is 0.552. The van der Waals surface area contributed by atoms with Gasteiger partial charge in [0.05, 0.1) is 29.6 Å². The Bertz CT molecular complexity index is 1220. The number of piperazine rings is 1. The SMILES string of the molecule is C/C(=C\c1cc(F)c2cn[nH]c2c1)[C@H]1OC(=O)C[C@H](O)CC[C@H](C)[C@@H](OC(=O)N2CCN(C)CC2)/C=C\[C@@H]1C. The van der Waals surface area contributed by atoms with E-state index in [-0.39, 0.29) is 24.3 Å². The third-order valence-electron chi connectivity index (χ3n) is 7.63. The molecule has 1 fully saturated rings. The Morgan fingerprint density at radius 1 is 1.21 bits per heavy atom. The predicted octanol–water partition coefficient (Wildman–Crippen LogP) is 4.14. The normalized spacial score (nSPS) is 28.9. The average Bonchev–Trinajstić information content (AvgIpc) is 3.37. The van der Waals surface area contributed by atoms with Crippen molar-refractivity contribution in [2.24, 2.45) is 11.8 Å². The number of nitrogens with one attached hydrogen (secondary N) is 1. The van der Waals surface area contributed by atoms with Crippen molar-refractivity contribution in [2.75, 3.05) is 33.2 Å². The van der Waals surface area contributed by atoms with Crippen molar-refractivity contribution in [3.8, 4) is 0 Å².